The van der Waals surface area contributed by atoms with Gasteiger partial charge in [0.1, 0.15) is 5.75 Å². The molecule has 8 heteroatoms. The Balaban J connectivity index is 1.50. The predicted molar refractivity (Wildman–Crippen MR) is 98.9 cm³/mol. The first kappa shape index (κ1) is 17.1. The molecule has 6 nitrogen and oxygen atoms in total. The van der Waals surface area contributed by atoms with Crippen molar-refractivity contribution in [3.8, 4) is 16.5 Å². The zero-order valence-electron chi connectivity index (χ0n) is 14.0. The van der Waals surface area contributed by atoms with Gasteiger partial charge in [0, 0.05) is 24.0 Å². The van der Waals surface area contributed by atoms with Gasteiger partial charge in [-0.25, -0.2) is 0 Å². The van der Waals surface area contributed by atoms with Crippen molar-refractivity contribution in [3.05, 3.63) is 52.1 Å². The summed E-state index contributed by atoms with van der Waals surface area (Å²) in [6.45, 7) is 1.17. The molecule has 1 aliphatic heterocycles. The molecule has 26 heavy (non-hydrogen) atoms. The Hall–Kier alpha value is -2.38. The summed E-state index contributed by atoms with van der Waals surface area (Å²) in [5.74, 6) is 1.64. The quantitative estimate of drug-likeness (QED) is 0.672. The number of hydrogen-bond donors (Lipinski definition) is 0. The van der Waals surface area contributed by atoms with Crippen LogP contribution in [0.2, 0.25) is 5.02 Å². The molecule has 4 rings (SSSR count). The molecule has 0 saturated carbocycles. The molecule has 1 aromatic carbocycles. The molecule has 1 fully saturated rings. The minimum atomic E-state index is -0.103. The van der Waals surface area contributed by atoms with Crippen molar-refractivity contribution >= 4 is 28.8 Å². The number of likely N-dealkylation sites (tertiary alicyclic amines) is 1. The Kier molecular flexibility index (Phi) is 4.65. The minimum absolute atomic E-state index is 0.0570. The molecule has 0 bridgehead atoms. The number of aromatic nitrogens is 2. The monoisotopic (exact) mass is 389 g/mol. The summed E-state index contributed by atoms with van der Waals surface area (Å²) in [6, 6.07) is 8.93. The summed E-state index contributed by atoms with van der Waals surface area (Å²) >= 11 is 7.60. The lowest BCUT2D eigenvalue weighted by Crippen LogP contribution is -2.29. The van der Waals surface area contributed by atoms with Crippen LogP contribution in [-0.2, 0) is 0 Å². The van der Waals surface area contributed by atoms with Gasteiger partial charge in [0.25, 0.3) is 11.8 Å². The lowest BCUT2D eigenvalue weighted by molar-refractivity contribution is 0.0787. The van der Waals surface area contributed by atoms with Gasteiger partial charge in [-0.1, -0.05) is 22.8 Å². The Bertz CT molecular complexity index is 926. The number of methoxy groups -OCH3 is 1. The van der Waals surface area contributed by atoms with Gasteiger partial charge in [-0.2, -0.15) is 4.98 Å². The molecule has 1 atom stereocenters. The maximum atomic E-state index is 12.9. The second-order valence-electron chi connectivity index (χ2n) is 6.02. The van der Waals surface area contributed by atoms with E-state index in [4.69, 9.17) is 20.9 Å². The van der Waals surface area contributed by atoms with Crippen LogP contribution in [0.5, 0.6) is 5.75 Å². The highest BCUT2D eigenvalue weighted by Crippen LogP contribution is 2.31. The average Bonchev–Trinajstić information content (AvgIpc) is 3.41. The Morgan fingerprint density at radius 1 is 1.42 bits per heavy atom. The molecule has 0 N–H and O–H groups in total. The molecule has 1 aliphatic rings. The average molecular weight is 390 g/mol. The van der Waals surface area contributed by atoms with E-state index >= 15 is 0 Å². The van der Waals surface area contributed by atoms with Crippen LogP contribution in [0.3, 0.4) is 0 Å². The molecule has 1 saturated heterocycles. The largest absolute Gasteiger partial charge is 0.496 e. The fraction of sp³-hybridized carbons (Fsp3) is 0.278. The summed E-state index contributed by atoms with van der Waals surface area (Å²) in [6.07, 6.45) is 0.790. The number of rotatable bonds is 4. The van der Waals surface area contributed by atoms with Gasteiger partial charge in [-0.05, 0) is 36.1 Å². The molecule has 1 unspecified atom stereocenters. The number of nitrogens with zero attached hydrogens (tertiary/aromatic N) is 3. The van der Waals surface area contributed by atoms with E-state index < -0.39 is 0 Å². The number of carbonyl (C=O) groups is 1. The number of benzene rings is 1. The highest BCUT2D eigenvalue weighted by molar-refractivity contribution is 7.13. The Morgan fingerprint density at radius 2 is 2.31 bits per heavy atom. The van der Waals surface area contributed by atoms with E-state index in [2.05, 4.69) is 10.1 Å². The van der Waals surface area contributed by atoms with Crippen molar-refractivity contribution in [2.45, 2.75) is 12.3 Å². The second kappa shape index (κ2) is 7.09. The number of carbonyl (C=O) groups excluding carboxylic acids is 1. The summed E-state index contributed by atoms with van der Waals surface area (Å²) in [5.41, 5.74) is 0.466. The van der Waals surface area contributed by atoms with Gasteiger partial charge in [-0.3, -0.25) is 4.79 Å². The minimum Gasteiger partial charge on any atom is -0.496 e. The van der Waals surface area contributed by atoms with Gasteiger partial charge in [0.05, 0.1) is 17.6 Å². The van der Waals surface area contributed by atoms with E-state index in [1.165, 1.54) is 7.11 Å². The van der Waals surface area contributed by atoms with E-state index in [0.717, 1.165) is 11.3 Å². The van der Waals surface area contributed by atoms with Crippen LogP contribution < -0.4 is 4.74 Å². The first-order valence-corrected chi connectivity index (χ1v) is 9.42. The number of thiophene rings is 1. The summed E-state index contributed by atoms with van der Waals surface area (Å²) in [5, 5.41) is 6.57. The molecular formula is C18H16ClN3O3S. The molecule has 0 spiro atoms. The van der Waals surface area contributed by atoms with Crippen LogP contribution in [0.15, 0.2) is 40.2 Å². The maximum Gasteiger partial charge on any atom is 0.267 e. The standard InChI is InChI=1S/C18H16ClN3O3S/c1-24-14-5-4-12(19)9-13(14)18(23)22-7-6-11(10-22)16-20-17(25-21-16)15-3-2-8-26-15/h2-5,8-9,11H,6-7,10H2,1H3. The van der Waals surface area contributed by atoms with Crippen LogP contribution in [0.4, 0.5) is 0 Å². The molecule has 2 aromatic heterocycles. The topological polar surface area (TPSA) is 68.5 Å². The summed E-state index contributed by atoms with van der Waals surface area (Å²) in [7, 11) is 1.54. The van der Waals surface area contributed by atoms with Gasteiger partial charge < -0.3 is 14.2 Å². The lowest BCUT2D eigenvalue weighted by Gasteiger charge is -2.17. The third-order valence-electron chi connectivity index (χ3n) is 4.41. The zero-order valence-corrected chi connectivity index (χ0v) is 15.6. The van der Waals surface area contributed by atoms with Gasteiger partial charge >= 0.3 is 0 Å². The SMILES string of the molecule is COc1ccc(Cl)cc1C(=O)N1CCC(c2noc(-c3cccs3)n2)C1. The Labute approximate surface area is 159 Å². The van der Waals surface area contributed by atoms with E-state index in [1.807, 2.05) is 17.5 Å². The van der Waals surface area contributed by atoms with E-state index in [9.17, 15) is 4.79 Å². The van der Waals surface area contributed by atoms with Gasteiger partial charge in [0.15, 0.2) is 5.82 Å². The Morgan fingerprint density at radius 3 is 3.08 bits per heavy atom. The number of hydrogen-bond acceptors (Lipinski definition) is 6. The lowest BCUT2D eigenvalue weighted by atomic mass is 10.1. The number of ether oxygens (including phenoxy) is 1. The highest BCUT2D eigenvalue weighted by atomic mass is 35.5. The van der Waals surface area contributed by atoms with Crippen molar-refractivity contribution in [2.24, 2.45) is 0 Å². The van der Waals surface area contributed by atoms with Gasteiger partial charge in [-0.15, -0.1) is 11.3 Å². The first-order chi connectivity index (χ1) is 12.7. The maximum absolute atomic E-state index is 12.9. The molecular weight excluding hydrogens is 374 g/mol. The fourth-order valence-corrected chi connectivity index (χ4v) is 3.89. The van der Waals surface area contributed by atoms with Crippen molar-refractivity contribution in [1.82, 2.24) is 15.0 Å². The summed E-state index contributed by atoms with van der Waals surface area (Å²) < 4.78 is 10.7. The fourth-order valence-electron chi connectivity index (χ4n) is 3.07. The van der Waals surface area contributed by atoms with Crippen LogP contribution in [0.25, 0.3) is 10.8 Å². The molecule has 3 aromatic rings. The molecule has 0 radical (unpaired) electrons. The number of amides is 1. The first-order valence-electron chi connectivity index (χ1n) is 8.16. The van der Waals surface area contributed by atoms with Crippen LogP contribution >= 0.6 is 22.9 Å². The van der Waals surface area contributed by atoms with E-state index in [-0.39, 0.29) is 11.8 Å². The molecule has 0 aliphatic carbocycles. The third kappa shape index (κ3) is 3.20. The van der Waals surface area contributed by atoms with E-state index in [0.29, 0.717) is 41.1 Å². The normalized spacial score (nSPS) is 16.8. The van der Waals surface area contributed by atoms with Crippen molar-refractivity contribution < 1.29 is 14.1 Å². The van der Waals surface area contributed by atoms with E-state index in [1.54, 1.807) is 34.4 Å². The van der Waals surface area contributed by atoms with Crippen molar-refractivity contribution in [3.63, 3.8) is 0 Å². The number of halogens is 1. The van der Waals surface area contributed by atoms with Crippen LogP contribution in [-0.4, -0.2) is 41.1 Å². The highest BCUT2D eigenvalue weighted by Gasteiger charge is 2.32. The summed E-state index contributed by atoms with van der Waals surface area (Å²) in [4.78, 5) is 20.1. The molecule has 1 amide bonds. The van der Waals surface area contributed by atoms with Gasteiger partial charge in [0.2, 0.25) is 0 Å². The van der Waals surface area contributed by atoms with Crippen LogP contribution in [0.1, 0.15) is 28.5 Å². The molecule has 3 heterocycles. The van der Waals surface area contributed by atoms with Crippen LogP contribution in [0, 0.1) is 0 Å². The smallest absolute Gasteiger partial charge is 0.267 e. The third-order valence-corrected chi connectivity index (χ3v) is 5.50. The van der Waals surface area contributed by atoms with Crippen molar-refractivity contribution in [2.75, 3.05) is 20.2 Å². The predicted octanol–water partition coefficient (Wildman–Crippen LogP) is 4.09. The van der Waals surface area contributed by atoms with Crippen molar-refractivity contribution in [1.29, 1.82) is 0 Å². The molecule has 134 valence electrons. The zero-order chi connectivity index (χ0) is 18.1. The second-order valence-corrected chi connectivity index (χ2v) is 7.40.